The fourth-order valence-corrected chi connectivity index (χ4v) is 2.97. The maximum Gasteiger partial charge on any atom is 0.416 e. The molecule has 6 heteroatoms. The number of hydrogen-bond acceptors (Lipinski definition) is 1. The molecule has 0 aliphatic heterocycles. The Morgan fingerprint density at radius 3 is 2.09 bits per heavy atom. The molecule has 2 rings (SSSR count). The van der Waals surface area contributed by atoms with Crippen LogP contribution in [-0.2, 0) is 17.0 Å². The lowest BCUT2D eigenvalue weighted by Crippen LogP contribution is -2.04. The summed E-state index contributed by atoms with van der Waals surface area (Å²) < 4.78 is 49.7. The maximum atomic E-state index is 12.5. The normalized spacial score (nSPS) is 14.0. The van der Waals surface area contributed by atoms with Crippen LogP contribution in [-0.4, -0.2) is 4.21 Å². The van der Waals surface area contributed by atoms with Crippen LogP contribution in [0.5, 0.6) is 0 Å². The van der Waals surface area contributed by atoms with Gasteiger partial charge in [-0.25, -0.2) is 4.21 Å². The molecule has 22 heavy (non-hydrogen) atoms. The predicted octanol–water partition coefficient (Wildman–Crippen LogP) is 5.36. The zero-order chi connectivity index (χ0) is 16.3. The predicted molar refractivity (Wildman–Crippen MR) is 82.9 cm³/mol. The van der Waals surface area contributed by atoms with Crippen molar-refractivity contribution in [3.63, 3.8) is 0 Å². The standard InChI is InChI=1S/C16H12ClF3OS/c1-11-2-8-14(9-3-11)22(21)15(17)10-12-4-6-13(7-5-12)16(18,19)20/h2-10H,1H3/b15-10+. The number of rotatable bonds is 3. The van der Waals surface area contributed by atoms with E-state index in [1.807, 2.05) is 19.1 Å². The van der Waals surface area contributed by atoms with Crippen LogP contribution in [0.2, 0.25) is 0 Å². The molecule has 116 valence electrons. The Morgan fingerprint density at radius 2 is 1.59 bits per heavy atom. The summed E-state index contributed by atoms with van der Waals surface area (Å²) in [7, 11) is -1.56. The van der Waals surface area contributed by atoms with Crippen LogP contribution in [0.3, 0.4) is 0 Å². The van der Waals surface area contributed by atoms with Gasteiger partial charge in [0, 0.05) is 4.90 Å². The van der Waals surface area contributed by atoms with E-state index in [4.69, 9.17) is 11.6 Å². The third-order valence-corrected chi connectivity index (χ3v) is 4.63. The quantitative estimate of drug-likeness (QED) is 0.732. The van der Waals surface area contributed by atoms with Gasteiger partial charge in [-0.3, -0.25) is 0 Å². The van der Waals surface area contributed by atoms with Crippen molar-refractivity contribution in [3.8, 4) is 0 Å². The van der Waals surface area contributed by atoms with Gasteiger partial charge in [0.25, 0.3) is 0 Å². The summed E-state index contributed by atoms with van der Waals surface area (Å²) in [5.41, 5.74) is 0.752. The van der Waals surface area contributed by atoms with Gasteiger partial charge < -0.3 is 0 Å². The number of aryl methyl sites for hydroxylation is 1. The van der Waals surface area contributed by atoms with Crippen LogP contribution in [0, 0.1) is 6.92 Å². The van der Waals surface area contributed by atoms with E-state index in [2.05, 4.69) is 0 Å². The smallest absolute Gasteiger partial charge is 0.248 e. The summed E-state index contributed by atoms with van der Waals surface area (Å²) in [6.07, 6.45) is -2.98. The highest BCUT2D eigenvalue weighted by Gasteiger charge is 2.29. The summed E-state index contributed by atoms with van der Waals surface area (Å²) >= 11 is 6.01. The van der Waals surface area contributed by atoms with E-state index in [-0.39, 0.29) is 4.36 Å². The molecule has 0 N–H and O–H groups in total. The third-order valence-electron chi connectivity index (χ3n) is 2.93. The van der Waals surface area contributed by atoms with Gasteiger partial charge in [-0.2, -0.15) is 13.2 Å². The van der Waals surface area contributed by atoms with Crippen molar-refractivity contribution in [1.82, 2.24) is 0 Å². The average molecular weight is 345 g/mol. The molecular weight excluding hydrogens is 333 g/mol. The van der Waals surface area contributed by atoms with Gasteiger partial charge in [0.05, 0.1) is 16.4 Å². The molecule has 1 atom stereocenters. The van der Waals surface area contributed by atoms with Crippen molar-refractivity contribution < 1.29 is 17.4 Å². The number of alkyl halides is 3. The highest BCUT2D eigenvalue weighted by Crippen LogP contribution is 2.29. The molecule has 0 spiro atoms. The van der Waals surface area contributed by atoms with Crippen molar-refractivity contribution in [1.29, 1.82) is 0 Å². The van der Waals surface area contributed by atoms with E-state index < -0.39 is 22.5 Å². The highest BCUT2D eigenvalue weighted by atomic mass is 35.5. The SMILES string of the molecule is Cc1ccc(S(=O)/C(Cl)=C/c2ccc(C(F)(F)F)cc2)cc1. The summed E-state index contributed by atoms with van der Waals surface area (Å²) in [6.45, 7) is 1.91. The van der Waals surface area contributed by atoms with Crippen molar-refractivity contribution in [2.24, 2.45) is 0 Å². The maximum absolute atomic E-state index is 12.5. The molecule has 0 aliphatic rings. The molecule has 0 saturated heterocycles. The molecule has 0 fully saturated rings. The Hall–Kier alpha value is -1.59. The Labute approximate surface area is 133 Å². The second-order valence-corrected chi connectivity index (χ2v) is 6.73. The lowest BCUT2D eigenvalue weighted by molar-refractivity contribution is -0.137. The van der Waals surface area contributed by atoms with Gasteiger partial charge in [-0.15, -0.1) is 0 Å². The first-order chi connectivity index (χ1) is 10.3. The summed E-state index contributed by atoms with van der Waals surface area (Å²) in [4.78, 5) is 0.541. The number of halogens is 4. The number of benzene rings is 2. The minimum absolute atomic E-state index is 0.0589. The van der Waals surface area contributed by atoms with Crippen molar-refractivity contribution >= 4 is 28.5 Å². The van der Waals surface area contributed by atoms with Gasteiger partial charge in [-0.05, 0) is 42.8 Å². The first-order valence-corrected chi connectivity index (χ1v) is 7.83. The van der Waals surface area contributed by atoms with Crippen molar-refractivity contribution in [2.45, 2.75) is 18.0 Å². The zero-order valence-corrected chi connectivity index (χ0v) is 13.1. The zero-order valence-electron chi connectivity index (χ0n) is 11.5. The molecule has 2 aromatic carbocycles. The molecule has 1 nitrogen and oxygen atoms in total. The molecule has 0 bridgehead atoms. The van der Waals surface area contributed by atoms with E-state index in [1.54, 1.807) is 12.1 Å². The highest BCUT2D eigenvalue weighted by molar-refractivity contribution is 7.91. The van der Waals surface area contributed by atoms with Gasteiger partial charge in [0.1, 0.15) is 4.36 Å². The average Bonchev–Trinajstić information content (AvgIpc) is 2.47. The lowest BCUT2D eigenvalue weighted by atomic mass is 10.1. The van der Waals surface area contributed by atoms with Gasteiger partial charge in [0.15, 0.2) is 0 Å². The van der Waals surface area contributed by atoms with E-state index in [9.17, 15) is 17.4 Å². The molecule has 1 unspecified atom stereocenters. The van der Waals surface area contributed by atoms with Crippen LogP contribution >= 0.6 is 11.6 Å². The second kappa shape index (κ2) is 6.67. The van der Waals surface area contributed by atoms with Crippen LogP contribution in [0.4, 0.5) is 13.2 Å². The van der Waals surface area contributed by atoms with Gasteiger partial charge in [-0.1, -0.05) is 41.4 Å². The van der Waals surface area contributed by atoms with Gasteiger partial charge >= 0.3 is 6.18 Å². The fraction of sp³-hybridized carbons (Fsp3) is 0.125. The Balaban J connectivity index is 2.21. The van der Waals surface area contributed by atoms with Crippen LogP contribution in [0.25, 0.3) is 6.08 Å². The Kier molecular flexibility index (Phi) is 5.08. The Morgan fingerprint density at radius 1 is 1.05 bits per heavy atom. The lowest BCUT2D eigenvalue weighted by Gasteiger charge is -2.06. The summed E-state index contributed by atoms with van der Waals surface area (Å²) in [5, 5.41) is 0. The van der Waals surface area contributed by atoms with Crippen molar-refractivity contribution in [3.05, 3.63) is 69.6 Å². The first kappa shape index (κ1) is 16.8. The van der Waals surface area contributed by atoms with Crippen LogP contribution in [0.15, 0.2) is 57.8 Å². The largest absolute Gasteiger partial charge is 0.416 e. The molecule has 0 aliphatic carbocycles. The molecule has 0 amide bonds. The van der Waals surface area contributed by atoms with Crippen LogP contribution in [0.1, 0.15) is 16.7 Å². The molecule has 2 aromatic rings. The van der Waals surface area contributed by atoms with E-state index in [1.165, 1.54) is 18.2 Å². The Bertz CT molecular complexity index is 704. The first-order valence-electron chi connectivity index (χ1n) is 6.30. The third kappa shape index (κ3) is 4.21. The molecule has 0 heterocycles. The summed E-state index contributed by atoms with van der Waals surface area (Å²) in [5.74, 6) is 0. The minimum Gasteiger partial charge on any atom is -0.248 e. The second-order valence-electron chi connectivity index (χ2n) is 4.65. The van der Waals surface area contributed by atoms with Crippen LogP contribution < -0.4 is 0 Å². The van der Waals surface area contributed by atoms with E-state index >= 15 is 0 Å². The van der Waals surface area contributed by atoms with Crippen molar-refractivity contribution in [2.75, 3.05) is 0 Å². The van der Waals surface area contributed by atoms with E-state index in [0.717, 1.165) is 17.7 Å². The number of hydrogen-bond donors (Lipinski definition) is 0. The summed E-state index contributed by atoms with van der Waals surface area (Å²) in [6, 6.07) is 11.5. The molecule has 0 radical (unpaired) electrons. The molecule has 0 aromatic heterocycles. The molecular formula is C16H12ClF3OS. The topological polar surface area (TPSA) is 17.1 Å². The van der Waals surface area contributed by atoms with Gasteiger partial charge in [0.2, 0.25) is 0 Å². The molecule has 0 saturated carbocycles. The van der Waals surface area contributed by atoms with E-state index in [0.29, 0.717) is 10.5 Å². The fourth-order valence-electron chi connectivity index (χ4n) is 1.73. The minimum atomic E-state index is -4.38. The monoisotopic (exact) mass is 344 g/mol.